The average Bonchev–Trinajstić information content (AvgIpc) is 2.20. The SMILES string of the molecule is CCC(CNC(=O)OC(C)(C)C)OC(=O)OC(C)Cl. The van der Waals surface area contributed by atoms with E-state index in [9.17, 15) is 9.59 Å². The number of ether oxygens (including phenoxy) is 3. The summed E-state index contributed by atoms with van der Waals surface area (Å²) in [6.45, 7) is 8.76. The second-order valence-electron chi connectivity index (χ2n) is 4.94. The summed E-state index contributed by atoms with van der Waals surface area (Å²) in [6, 6.07) is 0. The van der Waals surface area contributed by atoms with E-state index in [-0.39, 0.29) is 6.54 Å². The number of carbonyl (C=O) groups excluding carboxylic acids is 2. The van der Waals surface area contributed by atoms with Crippen LogP contribution < -0.4 is 5.32 Å². The first-order valence-electron chi connectivity index (χ1n) is 6.12. The maximum absolute atomic E-state index is 11.4. The molecule has 2 unspecified atom stereocenters. The van der Waals surface area contributed by atoms with Gasteiger partial charge in [-0.2, -0.15) is 0 Å². The summed E-state index contributed by atoms with van der Waals surface area (Å²) in [6.07, 6.45) is -1.38. The van der Waals surface area contributed by atoms with Crippen molar-refractivity contribution in [3.63, 3.8) is 0 Å². The Hall–Kier alpha value is -1.17. The molecule has 0 aliphatic carbocycles. The first-order chi connectivity index (χ1) is 8.64. The molecule has 0 aliphatic heterocycles. The predicted octanol–water partition coefficient (Wildman–Crippen LogP) is 3.03. The van der Waals surface area contributed by atoms with Crippen LogP contribution in [-0.2, 0) is 14.2 Å². The van der Waals surface area contributed by atoms with E-state index in [0.717, 1.165) is 0 Å². The molecule has 0 fully saturated rings. The second kappa shape index (κ2) is 8.09. The van der Waals surface area contributed by atoms with Gasteiger partial charge in [-0.25, -0.2) is 9.59 Å². The maximum Gasteiger partial charge on any atom is 0.510 e. The molecule has 6 nitrogen and oxygen atoms in total. The Morgan fingerprint density at radius 2 is 1.84 bits per heavy atom. The third-order valence-electron chi connectivity index (χ3n) is 1.85. The van der Waals surface area contributed by atoms with Crippen LogP contribution in [0.1, 0.15) is 41.0 Å². The van der Waals surface area contributed by atoms with Crippen LogP contribution in [0.2, 0.25) is 0 Å². The maximum atomic E-state index is 11.4. The molecule has 1 amide bonds. The molecule has 0 aromatic heterocycles. The van der Waals surface area contributed by atoms with Gasteiger partial charge in [0.1, 0.15) is 11.7 Å². The molecule has 0 aromatic rings. The fourth-order valence-electron chi connectivity index (χ4n) is 1.08. The fraction of sp³-hybridized carbons (Fsp3) is 0.833. The van der Waals surface area contributed by atoms with Crippen LogP contribution in [0.5, 0.6) is 0 Å². The standard InChI is InChI=1S/C12H22ClNO5/c1-6-9(18-11(16)17-8(2)13)7-14-10(15)19-12(3,4)5/h8-9H,6-7H2,1-5H3,(H,14,15). The third-order valence-corrected chi connectivity index (χ3v) is 1.94. The molecule has 19 heavy (non-hydrogen) atoms. The molecular formula is C12H22ClNO5. The van der Waals surface area contributed by atoms with Gasteiger partial charge in [-0.1, -0.05) is 18.5 Å². The van der Waals surface area contributed by atoms with Gasteiger partial charge in [0.2, 0.25) is 0 Å². The minimum Gasteiger partial charge on any atom is -0.444 e. The Labute approximate surface area is 118 Å². The number of hydrogen-bond donors (Lipinski definition) is 1. The summed E-state index contributed by atoms with van der Waals surface area (Å²) < 4.78 is 14.7. The lowest BCUT2D eigenvalue weighted by atomic mass is 10.2. The molecule has 0 aromatic carbocycles. The van der Waals surface area contributed by atoms with E-state index < -0.39 is 29.5 Å². The average molecular weight is 296 g/mol. The van der Waals surface area contributed by atoms with Crippen LogP contribution in [0.15, 0.2) is 0 Å². The van der Waals surface area contributed by atoms with Crippen molar-refractivity contribution >= 4 is 23.8 Å². The van der Waals surface area contributed by atoms with Crippen LogP contribution in [0.25, 0.3) is 0 Å². The third kappa shape index (κ3) is 10.4. The van der Waals surface area contributed by atoms with Gasteiger partial charge < -0.3 is 19.5 Å². The van der Waals surface area contributed by atoms with Gasteiger partial charge in [0, 0.05) is 0 Å². The van der Waals surface area contributed by atoms with Crippen molar-refractivity contribution in [1.29, 1.82) is 0 Å². The smallest absolute Gasteiger partial charge is 0.444 e. The second-order valence-corrected chi connectivity index (χ2v) is 5.56. The van der Waals surface area contributed by atoms with Crippen molar-refractivity contribution in [1.82, 2.24) is 5.32 Å². The Bertz CT molecular complexity index is 301. The summed E-state index contributed by atoms with van der Waals surface area (Å²) in [5.41, 5.74) is -1.33. The first-order valence-corrected chi connectivity index (χ1v) is 6.56. The molecule has 0 aliphatic rings. The number of rotatable bonds is 5. The highest BCUT2D eigenvalue weighted by Gasteiger charge is 2.19. The van der Waals surface area contributed by atoms with Gasteiger partial charge in [-0.3, -0.25) is 0 Å². The summed E-state index contributed by atoms with van der Waals surface area (Å²) in [4.78, 5) is 22.6. The molecular weight excluding hydrogens is 274 g/mol. The van der Waals surface area contributed by atoms with E-state index in [1.807, 2.05) is 6.92 Å². The van der Waals surface area contributed by atoms with Crippen molar-refractivity contribution in [3.8, 4) is 0 Å². The first kappa shape index (κ1) is 17.8. The molecule has 0 bridgehead atoms. The Morgan fingerprint density at radius 3 is 2.26 bits per heavy atom. The van der Waals surface area contributed by atoms with E-state index in [1.54, 1.807) is 20.8 Å². The number of alkyl halides is 1. The van der Waals surface area contributed by atoms with E-state index in [1.165, 1.54) is 6.92 Å². The number of halogens is 1. The quantitative estimate of drug-likeness (QED) is 0.623. The molecule has 112 valence electrons. The lowest BCUT2D eigenvalue weighted by molar-refractivity contribution is 0.0140. The van der Waals surface area contributed by atoms with Gasteiger partial charge >= 0.3 is 12.2 Å². The summed E-state index contributed by atoms with van der Waals surface area (Å²) in [5.74, 6) is 0. The summed E-state index contributed by atoms with van der Waals surface area (Å²) in [7, 11) is 0. The minimum absolute atomic E-state index is 0.150. The molecule has 7 heteroatoms. The van der Waals surface area contributed by atoms with Crippen LogP contribution in [0.4, 0.5) is 9.59 Å². The van der Waals surface area contributed by atoms with Crippen molar-refractivity contribution in [2.45, 2.75) is 58.3 Å². The zero-order valence-electron chi connectivity index (χ0n) is 12.0. The van der Waals surface area contributed by atoms with Gasteiger partial charge in [-0.05, 0) is 34.1 Å². The summed E-state index contributed by atoms with van der Waals surface area (Å²) >= 11 is 5.49. The lowest BCUT2D eigenvalue weighted by Gasteiger charge is -2.21. The van der Waals surface area contributed by atoms with Crippen LogP contribution >= 0.6 is 11.6 Å². The van der Waals surface area contributed by atoms with Crippen molar-refractivity contribution in [3.05, 3.63) is 0 Å². The Morgan fingerprint density at radius 1 is 1.26 bits per heavy atom. The molecule has 2 atom stereocenters. The molecule has 0 saturated heterocycles. The van der Waals surface area contributed by atoms with Gasteiger partial charge in [0.15, 0.2) is 5.56 Å². The lowest BCUT2D eigenvalue weighted by Crippen LogP contribution is -2.38. The van der Waals surface area contributed by atoms with E-state index in [2.05, 4.69) is 10.1 Å². The summed E-state index contributed by atoms with van der Waals surface area (Å²) in [5, 5.41) is 2.52. The van der Waals surface area contributed by atoms with E-state index in [0.29, 0.717) is 6.42 Å². The fourth-order valence-corrected chi connectivity index (χ4v) is 1.15. The highest BCUT2D eigenvalue weighted by atomic mass is 35.5. The van der Waals surface area contributed by atoms with Gasteiger partial charge in [0.25, 0.3) is 0 Å². The van der Waals surface area contributed by atoms with Crippen molar-refractivity contribution in [2.24, 2.45) is 0 Å². The highest BCUT2D eigenvalue weighted by molar-refractivity contribution is 6.19. The normalized spacial score (nSPS) is 14.2. The topological polar surface area (TPSA) is 73.9 Å². The Balaban J connectivity index is 4.06. The molecule has 0 spiro atoms. The molecule has 0 heterocycles. The van der Waals surface area contributed by atoms with E-state index >= 15 is 0 Å². The molecule has 0 saturated carbocycles. The molecule has 1 N–H and O–H groups in total. The molecule has 0 rings (SSSR count). The van der Waals surface area contributed by atoms with Gasteiger partial charge in [0.05, 0.1) is 6.54 Å². The highest BCUT2D eigenvalue weighted by Crippen LogP contribution is 2.07. The number of amides is 1. The van der Waals surface area contributed by atoms with Crippen LogP contribution in [0.3, 0.4) is 0 Å². The van der Waals surface area contributed by atoms with Crippen molar-refractivity contribution < 1.29 is 23.8 Å². The number of nitrogens with one attached hydrogen (secondary N) is 1. The monoisotopic (exact) mass is 295 g/mol. The largest absolute Gasteiger partial charge is 0.510 e. The van der Waals surface area contributed by atoms with E-state index in [4.69, 9.17) is 21.1 Å². The van der Waals surface area contributed by atoms with Gasteiger partial charge in [-0.15, -0.1) is 0 Å². The van der Waals surface area contributed by atoms with Crippen LogP contribution in [-0.4, -0.2) is 36.1 Å². The zero-order chi connectivity index (χ0) is 15.1. The predicted molar refractivity (Wildman–Crippen MR) is 71.2 cm³/mol. The Kier molecular flexibility index (Phi) is 7.59. The molecule has 0 radical (unpaired) electrons. The number of hydrogen-bond acceptors (Lipinski definition) is 5. The van der Waals surface area contributed by atoms with Crippen molar-refractivity contribution in [2.75, 3.05) is 6.54 Å². The zero-order valence-corrected chi connectivity index (χ0v) is 12.7. The van der Waals surface area contributed by atoms with Crippen LogP contribution in [0, 0.1) is 0 Å². The minimum atomic E-state index is -0.861. The number of carbonyl (C=O) groups is 2. The number of alkyl carbamates (subject to hydrolysis) is 1.